The average Bonchev–Trinajstić information content (AvgIpc) is 3.50. The van der Waals surface area contributed by atoms with Crippen molar-refractivity contribution in [2.75, 3.05) is 31.6 Å². The number of benzene rings is 2. The second-order valence-corrected chi connectivity index (χ2v) is 9.56. The molecule has 36 heavy (non-hydrogen) atoms. The first kappa shape index (κ1) is 24.3. The fourth-order valence-corrected chi connectivity index (χ4v) is 5.16. The van der Waals surface area contributed by atoms with Gasteiger partial charge in [0, 0.05) is 60.6 Å². The van der Waals surface area contributed by atoms with Crippen LogP contribution in [0.5, 0.6) is 5.75 Å². The van der Waals surface area contributed by atoms with Gasteiger partial charge >= 0.3 is 0 Å². The van der Waals surface area contributed by atoms with Gasteiger partial charge in [0.05, 0.1) is 0 Å². The fourth-order valence-electron chi connectivity index (χ4n) is 5.16. The Morgan fingerprint density at radius 2 is 2.00 bits per heavy atom. The van der Waals surface area contributed by atoms with Crippen molar-refractivity contribution in [3.05, 3.63) is 65.5 Å². The molecule has 5 rings (SSSR count). The highest BCUT2D eigenvalue weighted by molar-refractivity contribution is 6.02. The smallest absolute Gasteiger partial charge is 0.279 e. The molecule has 3 heterocycles. The first-order valence-corrected chi connectivity index (χ1v) is 12.4. The molecule has 0 bridgehead atoms. The Morgan fingerprint density at radius 1 is 1.19 bits per heavy atom. The number of amides is 2. The molecule has 0 aromatic heterocycles. The topological polar surface area (TPSA) is 94.1 Å². The molecule has 2 aromatic carbocycles. The molecule has 3 aliphatic heterocycles. The molecule has 8 nitrogen and oxygen atoms in total. The van der Waals surface area contributed by atoms with Gasteiger partial charge in [0.2, 0.25) is 11.6 Å². The number of ether oxygens (including phenoxy) is 1. The summed E-state index contributed by atoms with van der Waals surface area (Å²) >= 11 is 0. The van der Waals surface area contributed by atoms with Gasteiger partial charge < -0.3 is 20.1 Å². The summed E-state index contributed by atoms with van der Waals surface area (Å²) in [6.07, 6.45) is 2.49. The third-order valence-electron chi connectivity index (χ3n) is 7.25. The molecule has 0 radical (unpaired) electrons. The number of carbonyl (C=O) groups excluding carboxylic acids is 2. The minimum absolute atomic E-state index is 0.0107. The van der Waals surface area contributed by atoms with Crippen LogP contribution in [-0.4, -0.2) is 58.7 Å². The summed E-state index contributed by atoms with van der Waals surface area (Å²) in [5, 5.41) is 16.6. The van der Waals surface area contributed by atoms with Gasteiger partial charge in [0.15, 0.2) is 0 Å². The van der Waals surface area contributed by atoms with E-state index < -0.39 is 17.5 Å². The van der Waals surface area contributed by atoms with Crippen LogP contribution in [0.1, 0.15) is 42.4 Å². The summed E-state index contributed by atoms with van der Waals surface area (Å²) in [6.45, 7) is 8.18. The number of nitrogens with one attached hydrogen (secondary N) is 2. The minimum atomic E-state index is -1.85. The first-order valence-electron chi connectivity index (χ1n) is 12.4. The van der Waals surface area contributed by atoms with Gasteiger partial charge in [-0.05, 0) is 50.2 Å². The molecule has 9 heteroatoms. The lowest BCUT2D eigenvalue weighted by molar-refractivity contribution is -0.166. The number of carbonyl (C=O) groups is 2. The fraction of sp³-hybridized carbons (Fsp3) is 0.407. The van der Waals surface area contributed by atoms with Crippen molar-refractivity contribution in [1.82, 2.24) is 15.1 Å². The van der Waals surface area contributed by atoms with Crippen molar-refractivity contribution in [1.29, 1.82) is 0 Å². The highest BCUT2D eigenvalue weighted by atomic mass is 19.1. The predicted molar refractivity (Wildman–Crippen MR) is 133 cm³/mol. The number of rotatable bonds is 8. The van der Waals surface area contributed by atoms with Gasteiger partial charge in [0.25, 0.3) is 5.91 Å². The number of halogens is 1. The van der Waals surface area contributed by atoms with E-state index in [0.717, 1.165) is 36.4 Å². The molecule has 2 amide bonds. The van der Waals surface area contributed by atoms with Gasteiger partial charge in [-0.1, -0.05) is 18.7 Å². The zero-order valence-corrected chi connectivity index (χ0v) is 20.2. The summed E-state index contributed by atoms with van der Waals surface area (Å²) in [4.78, 5) is 28.0. The quantitative estimate of drug-likeness (QED) is 0.486. The molecule has 2 fully saturated rings. The van der Waals surface area contributed by atoms with Crippen LogP contribution in [0, 0.1) is 5.82 Å². The molecule has 3 aliphatic rings. The van der Waals surface area contributed by atoms with E-state index in [1.807, 2.05) is 18.2 Å². The Balaban J connectivity index is 1.27. The maximum atomic E-state index is 14.6. The molecule has 1 atom stereocenters. The van der Waals surface area contributed by atoms with Crippen LogP contribution >= 0.6 is 0 Å². The van der Waals surface area contributed by atoms with Crippen LogP contribution < -0.4 is 15.4 Å². The van der Waals surface area contributed by atoms with E-state index in [1.54, 1.807) is 12.1 Å². The monoisotopic (exact) mass is 494 g/mol. The molecule has 0 saturated carbocycles. The van der Waals surface area contributed by atoms with Gasteiger partial charge in [-0.25, -0.2) is 4.39 Å². The van der Waals surface area contributed by atoms with Crippen molar-refractivity contribution in [3.63, 3.8) is 0 Å². The van der Waals surface area contributed by atoms with Gasteiger partial charge in [-0.15, -0.1) is 0 Å². The Morgan fingerprint density at radius 3 is 2.78 bits per heavy atom. The Kier molecular flexibility index (Phi) is 6.68. The van der Waals surface area contributed by atoms with Crippen LogP contribution in [0.25, 0.3) is 5.70 Å². The summed E-state index contributed by atoms with van der Waals surface area (Å²) in [5.74, 6) is -0.847. The average molecular weight is 495 g/mol. The maximum absolute atomic E-state index is 14.6. The molecule has 1 unspecified atom stereocenters. The second kappa shape index (κ2) is 9.91. The Hall–Kier alpha value is -3.43. The number of imide groups is 1. The van der Waals surface area contributed by atoms with Crippen molar-refractivity contribution in [2.24, 2.45) is 0 Å². The summed E-state index contributed by atoms with van der Waals surface area (Å²) < 4.78 is 20.4. The lowest BCUT2D eigenvalue weighted by Gasteiger charge is -2.39. The van der Waals surface area contributed by atoms with Crippen LogP contribution in [0.2, 0.25) is 0 Å². The number of likely N-dealkylation sites (tertiary alicyclic amines) is 1. The van der Waals surface area contributed by atoms with Crippen LogP contribution in [0.3, 0.4) is 0 Å². The molecule has 2 saturated heterocycles. The Bertz CT molecular complexity index is 1200. The lowest BCUT2D eigenvalue weighted by atomic mass is 9.99. The summed E-state index contributed by atoms with van der Waals surface area (Å²) in [5.41, 5.74) is 1.51. The summed E-state index contributed by atoms with van der Waals surface area (Å²) in [6, 6.07) is 10.4. The van der Waals surface area contributed by atoms with E-state index in [0.29, 0.717) is 23.6 Å². The van der Waals surface area contributed by atoms with Crippen LogP contribution in [-0.2, 0) is 22.7 Å². The van der Waals surface area contributed by atoms with E-state index >= 15 is 0 Å². The van der Waals surface area contributed by atoms with Gasteiger partial charge in [-0.3, -0.25) is 19.8 Å². The highest BCUT2D eigenvalue weighted by Crippen LogP contribution is 2.41. The minimum Gasteiger partial charge on any atom is -0.492 e. The maximum Gasteiger partial charge on any atom is 0.279 e. The number of nitrogens with zero attached hydrogens (tertiary/aromatic N) is 2. The molecule has 3 N–H and O–H groups in total. The zero-order valence-electron chi connectivity index (χ0n) is 20.2. The zero-order chi connectivity index (χ0) is 25.3. The molecule has 0 spiro atoms. The second-order valence-electron chi connectivity index (χ2n) is 9.56. The van der Waals surface area contributed by atoms with E-state index in [1.165, 1.54) is 23.8 Å². The van der Waals surface area contributed by atoms with Crippen molar-refractivity contribution >= 4 is 23.2 Å². The van der Waals surface area contributed by atoms with Crippen molar-refractivity contribution < 1.29 is 23.8 Å². The number of fused-ring (bicyclic) bond motifs is 1. The van der Waals surface area contributed by atoms with Crippen molar-refractivity contribution in [2.45, 2.75) is 44.5 Å². The lowest BCUT2D eigenvalue weighted by Crippen LogP contribution is -2.61. The number of anilines is 1. The molecule has 190 valence electrons. The number of aliphatic hydroxyl groups is 1. The van der Waals surface area contributed by atoms with Gasteiger partial charge in [-0.2, -0.15) is 0 Å². The number of hydrogen-bond acceptors (Lipinski definition) is 7. The third kappa shape index (κ3) is 4.68. The molecular formula is C27H31FN4O4. The van der Waals surface area contributed by atoms with E-state index in [-0.39, 0.29) is 31.7 Å². The molecule has 2 aromatic rings. The largest absolute Gasteiger partial charge is 0.492 e. The highest BCUT2D eigenvalue weighted by Gasteiger charge is 2.49. The third-order valence-corrected chi connectivity index (χ3v) is 7.25. The normalized spacial score (nSPS) is 22.1. The Labute approximate surface area is 209 Å². The molecular weight excluding hydrogens is 463 g/mol. The number of piperidine rings is 1. The SMILES string of the molecule is C=C1c2cccc(NCc3cc(OCCN4CCCC4)ccc3F)c2CN1C1(O)CCC(=O)NC1=O. The van der Waals surface area contributed by atoms with Crippen LogP contribution in [0.15, 0.2) is 43.0 Å². The standard InChI is InChI=1S/C27H31FN4O4/c1-18-21-5-4-6-24(22(21)17-32(18)27(35)10-9-25(33)30-26(27)34)29-16-19-15-20(7-8-23(19)28)36-14-13-31-11-2-3-12-31/h4-8,15,29,35H,1-3,9-14,16-17H2,(H,30,33,34). The first-order chi connectivity index (χ1) is 17.3. The number of hydrogen-bond donors (Lipinski definition) is 3. The van der Waals surface area contributed by atoms with Gasteiger partial charge in [0.1, 0.15) is 18.2 Å². The van der Waals surface area contributed by atoms with E-state index in [2.05, 4.69) is 22.1 Å². The van der Waals surface area contributed by atoms with Crippen LogP contribution in [0.4, 0.5) is 10.1 Å². The predicted octanol–water partition coefficient (Wildman–Crippen LogP) is 2.82. The van der Waals surface area contributed by atoms with E-state index in [4.69, 9.17) is 4.74 Å². The summed E-state index contributed by atoms with van der Waals surface area (Å²) in [7, 11) is 0. The van der Waals surface area contributed by atoms with E-state index in [9.17, 15) is 19.1 Å². The van der Waals surface area contributed by atoms with Crippen molar-refractivity contribution in [3.8, 4) is 5.75 Å². The molecule has 0 aliphatic carbocycles.